The number of rotatable bonds is 5. The molecule has 1 aromatic carbocycles. The lowest BCUT2D eigenvalue weighted by Crippen LogP contribution is -2.31. The summed E-state index contributed by atoms with van der Waals surface area (Å²) in [6, 6.07) is 4.69. The summed E-state index contributed by atoms with van der Waals surface area (Å²) in [7, 11) is 1.58. The van der Waals surface area contributed by atoms with Gasteiger partial charge >= 0.3 is 0 Å². The summed E-state index contributed by atoms with van der Waals surface area (Å²) in [5, 5.41) is 0.588. The molecule has 0 amide bonds. The van der Waals surface area contributed by atoms with Gasteiger partial charge < -0.3 is 10.5 Å². The van der Waals surface area contributed by atoms with Crippen molar-refractivity contribution in [2.24, 2.45) is 5.73 Å². The molecule has 0 bridgehead atoms. The zero-order chi connectivity index (χ0) is 12.1. The molecule has 0 saturated heterocycles. The highest BCUT2D eigenvalue weighted by Gasteiger charge is 2.15. The molecule has 2 N–H and O–H groups in total. The van der Waals surface area contributed by atoms with E-state index in [-0.39, 0.29) is 5.78 Å². The minimum Gasteiger partial charge on any atom is -0.385 e. The van der Waals surface area contributed by atoms with Gasteiger partial charge in [0.1, 0.15) is 0 Å². The fourth-order valence-corrected chi connectivity index (χ4v) is 1.52. The van der Waals surface area contributed by atoms with Crippen LogP contribution in [0.2, 0.25) is 5.02 Å². The molecule has 0 aromatic heterocycles. The molecule has 0 aliphatic heterocycles. The summed E-state index contributed by atoms with van der Waals surface area (Å²) in [4.78, 5) is 11.9. The van der Waals surface area contributed by atoms with Crippen molar-refractivity contribution in [2.45, 2.75) is 19.4 Å². The maximum absolute atomic E-state index is 11.9. The van der Waals surface area contributed by atoms with E-state index in [9.17, 15) is 4.79 Å². The standard InChI is InChI=1S/C12H16ClNO2/c1-8-3-4-9(7-10(8)13)12(15)11(14)5-6-16-2/h3-4,7,11H,5-6,14H2,1-2H3. The molecule has 4 heteroatoms. The number of carbonyl (C=O) groups is 1. The Morgan fingerprint density at radius 3 is 2.81 bits per heavy atom. The van der Waals surface area contributed by atoms with Crippen LogP contribution in [-0.2, 0) is 4.74 Å². The number of hydrogen-bond acceptors (Lipinski definition) is 3. The van der Waals surface area contributed by atoms with E-state index in [0.29, 0.717) is 23.6 Å². The van der Waals surface area contributed by atoms with Crippen molar-refractivity contribution < 1.29 is 9.53 Å². The molecular weight excluding hydrogens is 226 g/mol. The Morgan fingerprint density at radius 1 is 1.56 bits per heavy atom. The van der Waals surface area contributed by atoms with Gasteiger partial charge in [-0.25, -0.2) is 0 Å². The third-order valence-electron chi connectivity index (χ3n) is 2.43. The van der Waals surface area contributed by atoms with E-state index in [1.807, 2.05) is 13.0 Å². The number of carbonyl (C=O) groups excluding carboxylic acids is 1. The van der Waals surface area contributed by atoms with Crippen LogP contribution in [0, 0.1) is 6.92 Å². The fourth-order valence-electron chi connectivity index (χ4n) is 1.34. The maximum atomic E-state index is 11.9. The van der Waals surface area contributed by atoms with Crippen LogP contribution in [0.15, 0.2) is 18.2 Å². The van der Waals surface area contributed by atoms with Crippen LogP contribution in [0.1, 0.15) is 22.3 Å². The molecule has 16 heavy (non-hydrogen) atoms. The Hall–Kier alpha value is -0.900. The summed E-state index contributed by atoms with van der Waals surface area (Å²) in [6.45, 7) is 2.37. The Balaban J connectivity index is 2.76. The zero-order valence-electron chi connectivity index (χ0n) is 9.50. The van der Waals surface area contributed by atoms with E-state index in [2.05, 4.69) is 0 Å². The van der Waals surface area contributed by atoms with Gasteiger partial charge in [-0.2, -0.15) is 0 Å². The fraction of sp³-hybridized carbons (Fsp3) is 0.417. The molecule has 1 aromatic rings. The molecule has 1 atom stereocenters. The summed E-state index contributed by atoms with van der Waals surface area (Å²) >= 11 is 5.95. The Morgan fingerprint density at radius 2 is 2.25 bits per heavy atom. The first-order valence-electron chi connectivity index (χ1n) is 5.11. The first-order chi connectivity index (χ1) is 7.56. The molecule has 1 unspecified atom stereocenters. The van der Waals surface area contributed by atoms with Crippen molar-refractivity contribution in [1.29, 1.82) is 0 Å². The van der Waals surface area contributed by atoms with Gasteiger partial charge in [0, 0.05) is 24.3 Å². The van der Waals surface area contributed by atoms with Crippen molar-refractivity contribution in [2.75, 3.05) is 13.7 Å². The lowest BCUT2D eigenvalue weighted by Gasteiger charge is -2.10. The van der Waals surface area contributed by atoms with Crippen molar-refractivity contribution in [3.63, 3.8) is 0 Å². The van der Waals surface area contributed by atoms with Crippen LogP contribution in [0.5, 0.6) is 0 Å². The monoisotopic (exact) mass is 241 g/mol. The average Bonchev–Trinajstić information content (AvgIpc) is 2.28. The average molecular weight is 242 g/mol. The van der Waals surface area contributed by atoms with Crippen LogP contribution in [0.4, 0.5) is 0 Å². The topological polar surface area (TPSA) is 52.3 Å². The lowest BCUT2D eigenvalue weighted by molar-refractivity contribution is 0.0935. The molecule has 1 rings (SSSR count). The van der Waals surface area contributed by atoms with E-state index in [1.165, 1.54) is 0 Å². The predicted molar refractivity (Wildman–Crippen MR) is 65.0 cm³/mol. The van der Waals surface area contributed by atoms with Crippen LogP contribution >= 0.6 is 11.6 Å². The first kappa shape index (κ1) is 13.2. The second-order valence-corrected chi connectivity index (χ2v) is 4.12. The molecule has 88 valence electrons. The van der Waals surface area contributed by atoms with Crippen molar-refractivity contribution in [1.82, 2.24) is 0 Å². The highest BCUT2D eigenvalue weighted by atomic mass is 35.5. The quantitative estimate of drug-likeness (QED) is 0.804. The Bertz CT molecular complexity index is 379. The molecule has 0 fully saturated rings. The van der Waals surface area contributed by atoms with E-state index >= 15 is 0 Å². The SMILES string of the molecule is COCCC(N)C(=O)c1ccc(C)c(Cl)c1. The molecule has 0 aliphatic carbocycles. The summed E-state index contributed by atoms with van der Waals surface area (Å²) in [6.07, 6.45) is 0.515. The molecule has 3 nitrogen and oxygen atoms in total. The summed E-state index contributed by atoms with van der Waals surface area (Å²) < 4.78 is 4.88. The van der Waals surface area contributed by atoms with Crippen LogP contribution in [0.3, 0.4) is 0 Å². The van der Waals surface area contributed by atoms with Gasteiger partial charge in [0.2, 0.25) is 0 Å². The van der Waals surface area contributed by atoms with Gasteiger partial charge in [0.15, 0.2) is 5.78 Å². The third-order valence-corrected chi connectivity index (χ3v) is 2.83. The van der Waals surface area contributed by atoms with Crippen molar-refractivity contribution >= 4 is 17.4 Å². The minimum atomic E-state index is -0.529. The number of nitrogens with two attached hydrogens (primary N) is 1. The van der Waals surface area contributed by atoms with E-state index in [1.54, 1.807) is 19.2 Å². The van der Waals surface area contributed by atoms with E-state index in [4.69, 9.17) is 22.1 Å². The van der Waals surface area contributed by atoms with E-state index in [0.717, 1.165) is 5.56 Å². The molecular formula is C12H16ClNO2. The van der Waals surface area contributed by atoms with Gasteiger partial charge in [-0.3, -0.25) is 4.79 Å². The van der Waals surface area contributed by atoms with Crippen molar-refractivity contribution in [3.8, 4) is 0 Å². The lowest BCUT2D eigenvalue weighted by atomic mass is 10.0. The van der Waals surface area contributed by atoms with Crippen LogP contribution in [0.25, 0.3) is 0 Å². The van der Waals surface area contributed by atoms with Gasteiger partial charge in [-0.1, -0.05) is 23.7 Å². The number of Topliss-reactive ketones (excluding diaryl/α,β-unsaturated/α-hetero) is 1. The minimum absolute atomic E-state index is 0.0982. The second kappa shape index (κ2) is 5.99. The van der Waals surface area contributed by atoms with E-state index < -0.39 is 6.04 Å². The maximum Gasteiger partial charge on any atom is 0.179 e. The second-order valence-electron chi connectivity index (χ2n) is 3.72. The summed E-state index contributed by atoms with van der Waals surface area (Å²) in [5.41, 5.74) is 7.25. The smallest absolute Gasteiger partial charge is 0.179 e. The third kappa shape index (κ3) is 3.30. The Kier molecular flexibility index (Phi) is 4.93. The molecule has 0 aliphatic rings. The van der Waals surface area contributed by atoms with Crippen molar-refractivity contribution in [3.05, 3.63) is 34.3 Å². The molecule has 0 radical (unpaired) electrons. The highest BCUT2D eigenvalue weighted by Crippen LogP contribution is 2.17. The van der Waals surface area contributed by atoms with Gasteiger partial charge in [0.25, 0.3) is 0 Å². The number of halogens is 1. The van der Waals surface area contributed by atoms with Crippen LogP contribution in [-0.4, -0.2) is 25.5 Å². The Labute approximate surface area is 101 Å². The zero-order valence-corrected chi connectivity index (χ0v) is 10.3. The molecule has 0 spiro atoms. The van der Waals surface area contributed by atoms with Gasteiger partial charge in [0.05, 0.1) is 6.04 Å². The number of benzene rings is 1. The predicted octanol–water partition coefficient (Wildman–Crippen LogP) is 2.19. The number of methoxy groups -OCH3 is 1. The number of hydrogen-bond donors (Lipinski definition) is 1. The number of aryl methyl sites for hydroxylation is 1. The normalized spacial score (nSPS) is 12.5. The van der Waals surface area contributed by atoms with Crippen LogP contribution < -0.4 is 5.73 Å². The number of ketones is 1. The molecule has 0 saturated carbocycles. The van der Waals surface area contributed by atoms with Gasteiger partial charge in [-0.05, 0) is 25.0 Å². The summed E-state index contributed by atoms with van der Waals surface area (Å²) in [5.74, 6) is -0.0982. The first-order valence-corrected chi connectivity index (χ1v) is 5.49. The van der Waals surface area contributed by atoms with Gasteiger partial charge in [-0.15, -0.1) is 0 Å². The highest BCUT2D eigenvalue weighted by molar-refractivity contribution is 6.31. The largest absolute Gasteiger partial charge is 0.385 e. The number of ether oxygens (including phenoxy) is 1. The molecule has 0 heterocycles.